The Morgan fingerprint density at radius 2 is 2.00 bits per heavy atom. The molecule has 1 heterocycles. The maximum Gasteiger partial charge on any atom is 0.259 e. The van der Waals surface area contributed by atoms with Gasteiger partial charge >= 0.3 is 0 Å². The number of hydrogen-bond acceptors (Lipinski definition) is 8. The van der Waals surface area contributed by atoms with E-state index in [0.29, 0.717) is 30.2 Å². The largest absolute Gasteiger partial charge is 0.378 e. The fourth-order valence-electron chi connectivity index (χ4n) is 3.87. The Hall–Kier alpha value is -2.36. The molecule has 2 aromatic rings. The molecule has 0 spiro atoms. The Balaban J connectivity index is 1.75. The van der Waals surface area contributed by atoms with Crippen molar-refractivity contribution in [2.75, 3.05) is 45.4 Å². The van der Waals surface area contributed by atoms with E-state index in [4.69, 9.17) is 9.47 Å². The molecule has 3 atom stereocenters. The second-order valence-corrected chi connectivity index (χ2v) is 10.9. The lowest BCUT2D eigenvalue weighted by Crippen LogP contribution is -2.43. The van der Waals surface area contributed by atoms with Crippen molar-refractivity contribution in [2.24, 2.45) is 0 Å². The summed E-state index contributed by atoms with van der Waals surface area (Å²) in [5.74, 6) is -0.713. The molecule has 0 saturated carbocycles. The number of rotatable bonds is 12. The number of amides is 1. The van der Waals surface area contributed by atoms with Crippen LogP contribution in [0.2, 0.25) is 0 Å². The minimum atomic E-state index is -0.610. The van der Waals surface area contributed by atoms with E-state index in [-0.39, 0.29) is 35.1 Å². The first-order valence-electron chi connectivity index (χ1n) is 11.9. The fourth-order valence-corrected chi connectivity index (χ4v) is 5.56. The van der Waals surface area contributed by atoms with Crippen LogP contribution in [-0.2, 0) is 14.3 Å². The van der Waals surface area contributed by atoms with Crippen LogP contribution in [0.15, 0.2) is 46.2 Å². The van der Waals surface area contributed by atoms with Gasteiger partial charge in [0.15, 0.2) is 0 Å². The lowest BCUT2D eigenvalue weighted by atomic mass is 10.1. The van der Waals surface area contributed by atoms with E-state index >= 15 is 4.39 Å². The summed E-state index contributed by atoms with van der Waals surface area (Å²) in [6.45, 7) is 1.11. The van der Waals surface area contributed by atoms with Gasteiger partial charge in [0.1, 0.15) is 23.8 Å². The van der Waals surface area contributed by atoms with Gasteiger partial charge in [-0.15, -0.1) is 11.8 Å². The Kier molecular flexibility index (Phi) is 11.5. The number of halogens is 2. The second kappa shape index (κ2) is 14.5. The summed E-state index contributed by atoms with van der Waals surface area (Å²) < 4.78 is 42.5. The summed E-state index contributed by atoms with van der Waals surface area (Å²) in [5.41, 5.74) is 0.182. The minimum absolute atomic E-state index is 0.0688. The number of thioether (sulfide) groups is 1. The number of benzene rings is 2. The molecule has 1 fully saturated rings. The van der Waals surface area contributed by atoms with Crippen molar-refractivity contribution in [3.63, 3.8) is 0 Å². The SMILES string of the molecule is COC(CN(C)C)C(CSc1ccc(F)cc1)Nc1c(F)cc(SNC(=O)C2CCCCO2)cc1C#N. The summed E-state index contributed by atoms with van der Waals surface area (Å²) in [5, 5.41) is 13.0. The third kappa shape index (κ3) is 8.86. The van der Waals surface area contributed by atoms with Crippen molar-refractivity contribution >= 4 is 35.3 Å². The predicted octanol–water partition coefficient (Wildman–Crippen LogP) is 4.68. The third-order valence-corrected chi connectivity index (χ3v) is 7.70. The van der Waals surface area contributed by atoms with Gasteiger partial charge in [0.05, 0.1) is 23.4 Å². The van der Waals surface area contributed by atoms with Gasteiger partial charge < -0.3 is 19.7 Å². The second-order valence-electron chi connectivity index (χ2n) is 8.92. The number of nitriles is 1. The zero-order valence-corrected chi connectivity index (χ0v) is 22.8. The van der Waals surface area contributed by atoms with Crippen LogP contribution in [0.25, 0.3) is 0 Å². The Bertz CT molecular complexity index is 1080. The molecule has 0 aromatic heterocycles. The van der Waals surface area contributed by atoms with Crippen LogP contribution in [0, 0.1) is 23.0 Å². The maximum absolute atomic E-state index is 15.3. The van der Waals surface area contributed by atoms with Crippen LogP contribution in [-0.4, -0.2) is 69.2 Å². The Morgan fingerprint density at radius 1 is 1.24 bits per heavy atom. The predicted molar refractivity (Wildman–Crippen MR) is 143 cm³/mol. The number of anilines is 1. The number of likely N-dealkylation sites (N-methyl/N-ethyl adjacent to an activating group) is 1. The number of methoxy groups -OCH3 is 1. The molecule has 7 nitrogen and oxygen atoms in total. The quantitative estimate of drug-likeness (QED) is 0.291. The zero-order chi connectivity index (χ0) is 26.8. The molecule has 200 valence electrons. The summed E-state index contributed by atoms with van der Waals surface area (Å²) in [6.07, 6.45) is 1.68. The summed E-state index contributed by atoms with van der Waals surface area (Å²) >= 11 is 2.43. The van der Waals surface area contributed by atoms with E-state index in [1.165, 1.54) is 36.0 Å². The van der Waals surface area contributed by atoms with E-state index < -0.39 is 11.9 Å². The highest BCUT2D eigenvalue weighted by atomic mass is 32.2. The molecule has 1 aliphatic heterocycles. The van der Waals surface area contributed by atoms with E-state index in [1.807, 2.05) is 19.0 Å². The van der Waals surface area contributed by atoms with Gasteiger partial charge in [-0.3, -0.25) is 9.52 Å². The highest BCUT2D eigenvalue weighted by molar-refractivity contribution is 7.99. The molecule has 0 aliphatic carbocycles. The van der Waals surface area contributed by atoms with Crippen LogP contribution < -0.4 is 10.0 Å². The van der Waals surface area contributed by atoms with E-state index in [2.05, 4.69) is 16.1 Å². The molecular formula is C26H32F2N4O3S2. The van der Waals surface area contributed by atoms with Crippen LogP contribution in [0.5, 0.6) is 0 Å². The number of nitrogens with zero attached hydrogens (tertiary/aromatic N) is 2. The first-order valence-corrected chi connectivity index (χ1v) is 13.7. The molecule has 3 rings (SSSR count). The lowest BCUT2D eigenvalue weighted by molar-refractivity contribution is -0.133. The van der Waals surface area contributed by atoms with Gasteiger partial charge in [0.2, 0.25) is 0 Å². The smallest absolute Gasteiger partial charge is 0.259 e. The molecule has 1 aliphatic rings. The molecule has 2 N–H and O–H groups in total. The molecule has 37 heavy (non-hydrogen) atoms. The number of carbonyl (C=O) groups excluding carboxylic acids is 1. The fraction of sp³-hybridized carbons (Fsp3) is 0.462. The molecule has 11 heteroatoms. The van der Waals surface area contributed by atoms with Gasteiger partial charge in [-0.05, 0) is 81.7 Å². The maximum atomic E-state index is 15.3. The molecule has 3 unspecified atom stereocenters. The first kappa shape index (κ1) is 29.2. The summed E-state index contributed by atoms with van der Waals surface area (Å²) in [7, 11) is 5.41. The van der Waals surface area contributed by atoms with Gasteiger partial charge in [-0.1, -0.05) is 0 Å². The van der Waals surface area contributed by atoms with Gasteiger partial charge in [-0.25, -0.2) is 8.78 Å². The van der Waals surface area contributed by atoms with Crippen LogP contribution in [0.3, 0.4) is 0 Å². The topological polar surface area (TPSA) is 86.6 Å². The molecule has 1 saturated heterocycles. The monoisotopic (exact) mass is 550 g/mol. The van der Waals surface area contributed by atoms with Crippen molar-refractivity contribution in [2.45, 2.75) is 47.3 Å². The van der Waals surface area contributed by atoms with Crippen LogP contribution in [0.1, 0.15) is 24.8 Å². The average molecular weight is 551 g/mol. The van der Waals surface area contributed by atoms with Crippen molar-refractivity contribution in [3.8, 4) is 6.07 Å². The number of nitrogens with one attached hydrogen (secondary N) is 2. The molecule has 0 bridgehead atoms. The van der Waals surface area contributed by atoms with Crippen molar-refractivity contribution in [1.82, 2.24) is 9.62 Å². The minimum Gasteiger partial charge on any atom is -0.378 e. The molecule has 0 radical (unpaired) electrons. The van der Waals surface area contributed by atoms with Crippen LogP contribution in [0.4, 0.5) is 14.5 Å². The normalized spacial score (nSPS) is 17.2. The number of carbonyl (C=O) groups is 1. The Labute approximate surface area is 225 Å². The standard InChI is InChI=1S/C26H32F2N4O3S2/c1-32(2)15-24(34-3)22(16-36-19-9-7-18(27)8-10-19)30-25-17(14-29)12-20(13-21(25)28)37-31-26(33)23-6-4-5-11-35-23/h7-10,12-13,22-24,30H,4-6,11,15-16H2,1-3H3,(H,31,33). The van der Waals surface area contributed by atoms with Gasteiger partial charge in [-0.2, -0.15) is 5.26 Å². The number of hydrogen-bond donors (Lipinski definition) is 2. The first-order chi connectivity index (χ1) is 17.8. The van der Waals surface area contributed by atoms with E-state index in [9.17, 15) is 14.4 Å². The van der Waals surface area contributed by atoms with Crippen molar-refractivity contribution < 1.29 is 23.0 Å². The van der Waals surface area contributed by atoms with Gasteiger partial charge in [0.25, 0.3) is 5.91 Å². The zero-order valence-electron chi connectivity index (χ0n) is 21.1. The van der Waals surface area contributed by atoms with Gasteiger partial charge in [0, 0.05) is 35.8 Å². The lowest BCUT2D eigenvalue weighted by Gasteiger charge is -2.30. The average Bonchev–Trinajstić information content (AvgIpc) is 2.90. The highest BCUT2D eigenvalue weighted by Gasteiger charge is 2.26. The Morgan fingerprint density at radius 3 is 2.62 bits per heavy atom. The van der Waals surface area contributed by atoms with Crippen molar-refractivity contribution in [3.05, 3.63) is 53.6 Å². The molecule has 2 aromatic carbocycles. The van der Waals surface area contributed by atoms with Crippen molar-refractivity contribution in [1.29, 1.82) is 5.26 Å². The molecular weight excluding hydrogens is 518 g/mol. The summed E-state index contributed by atoms with van der Waals surface area (Å²) in [4.78, 5) is 15.6. The van der Waals surface area contributed by atoms with Crippen LogP contribution >= 0.6 is 23.7 Å². The highest BCUT2D eigenvalue weighted by Crippen LogP contribution is 2.29. The molecule has 1 amide bonds. The summed E-state index contributed by atoms with van der Waals surface area (Å²) in [6, 6.07) is 10.7. The van der Waals surface area contributed by atoms with E-state index in [1.54, 1.807) is 19.2 Å². The van der Waals surface area contributed by atoms with E-state index in [0.717, 1.165) is 29.7 Å². The third-order valence-electron chi connectivity index (χ3n) is 5.80. The number of ether oxygens (including phenoxy) is 2.